The molecule has 1 spiro atoms. The fourth-order valence-corrected chi connectivity index (χ4v) is 4.50. The maximum Gasteiger partial charge on any atom is 0.146 e. The van der Waals surface area contributed by atoms with Crippen LogP contribution in [-0.4, -0.2) is 11.9 Å². The van der Waals surface area contributed by atoms with E-state index in [0.717, 1.165) is 18.6 Å². The summed E-state index contributed by atoms with van der Waals surface area (Å²) >= 11 is 0. The number of fused-ring (bicyclic) bond motifs is 1. The van der Waals surface area contributed by atoms with Gasteiger partial charge in [0.2, 0.25) is 0 Å². The van der Waals surface area contributed by atoms with Gasteiger partial charge in [-0.1, -0.05) is 25.3 Å². The van der Waals surface area contributed by atoms with Crippen molar-refractivity contribution >= 4 is 5.78 Å². The van der Waals surface area contributed by atoms with E-state index in [-0.39, 0.29) is 11.5 Å². The Bertz CT molecular complexity index is 555. The summed E-state index contributed by atoms with van der Waals surface area (Å²) in [5, 5.41) is 0. The lowest BCUT2D eigenvalue weighted by molar-refractivity contribution is -0.156. The number of hydrogen-bond acceptors (Lipinski definition) is 2. The zero-order valence-electron chi connectivity index (χ0n) is 12.7. The van der Waals surface area contributed by atoms with E-state index in [2.05, 4.69) is 18.2 Å². The minimum Gasteiger partial charge on any atom is -0.489 e. The Kier molecular flexibility index (Phi) is 3.28. The van der Waals surface area contributed by atoms with Gasteiger partial charge in [-0.2, -0.15) is 0 Å². The second-order valence-corrected chi connectivity index (χ2v) is 7.09. The van der Waals surface area contributed by atoms with E-state index in [4.69, 9.17) is 4.74 Å². The number of carbonyl (C=O) groups excluding carboxylic acids is 1. The number of rotatable bonds is 2. The first kappa shape index (κ1) is 13.4. The smallest absolute Gasteiger partial charge is 0.146 e. The third kappa shape index (κ3) is 2.20. The van der Waals surface area contributed by atoms with Crippen molar-refractivity contribution in [3.8, 4) is 5.75 Å². The van der Waals surface area contributed by atoms with Crippen molar-refractivity contribution < 1.29 is 9.53 Å². The Morgan fingerprint density at radius 1 is 0.952 bits per heavy atom. The lowest BCUT2D eigenvalue weighted by atomic mass is 9.57. The van der Waals surface area contributed by atoms with Gasteiger partial charge in [0.25, 0.3) is 0 Å². The number of Topliss-reactive ketones (excluding diaryl/α,β-unsaturated/α-hetero) is 1. The quantitative estimate of drug-likeness (QED) is 0.812. The number of aryl methyl sites for hydroxylation is 2. The third-order valence-corrected chi connectivity index (χ3v) is 5.89. The molecule has 0 aliphatic heterocycles. The molecule has 0 saturated heterocycles. The molecule has 1 aromatic rings. The molecule has 1 unspecified atom stereocenters. The molecule has 1 aromatic carbocycles. The summed E-state index contributed by atoms with van der Waals surface area (Å²) < 4.78 is 6.26. The van der Waals surface area contributed by atoms with Crippen LogP contribution in [0.25, 0.3) is 0 Å². The van der Waals surface area contributed by atoms with Crippen molar-refractivity contribution in [2.75, 3.05) is 0 Å². The van der Waals surface area contributed by atoms with E-state index in [0.29, 0.717) is 12.2 Å². The summed E-state index contributed by atoms with van der Waals surface area (Å²) in [6.45, 7) is 0. The average Bonchev–Trinajstić information content (AvgIpc) is 2.55. The van der Waals surface area contributed by atoms with Crippen LogP contribution in [0.1, 0.15) is 62.5 Å². The summed E-state index contributed by atoms with van der Waals surface area (Å²) in [5.41, 5.74) is 2.82. The number of hydrogen-bond donors (Lipinski definition) is 0. The van der Waals surface area contributed by atoms with Gasteiger partial charge in [0.15, 0.2) is 0 Å². The van der Waals surface area contributed by atoms with Crippen LogP contribution in [0.2, 0.25) is 0 Å². The van der Waals surface area contributed by atoms with Crippen LogP contribution in [0, 0.1) is 5.41 Å². The molecule has 3 aliphatic rings. The maximum absolute atomic E-state index is 12.2. The van der Waals surface area contributed by atoms with Crippen molar-refractivity contribution in [2.45, 2.75) is 70.3 Å². The largest absolute Gasteiger partial charge is 0.489 e. The van der Waals surface area contributed by atoms with Crippen molar-refractivity contribution in [3.05, 3.63) is 29.3 Å². The average molecular weight is 284 g/mol. The molecule has 4 rings (SSSR count). The topological polar surface area (TPSA) is 26.3 Å². The van der Waals surface area contributed by atoms with Crippen LogP contribution in [0.3, 0.4) is 0 Å². The number of ketones is 1. The first-order valence-corrected chi connectivity index (χ1v) is 8.60. The predicted octanol–water partition coefficient (Wildman–Crippen LogP) is 4.24. The molecular weight excluding hydrogens is 260 g/mol. The molecule has 2 fully saturated rings. The zero-order valence-corrected chi connectivity index (χ0v) is 12.7. The highest BCUT2D eigenvalue weighted by molar-refractivity contribution is 5.92. The van der Waals surface area contributed by atoms with E-state index in [9.17, 15) is 4.79 Å². The highest BCUT2D eigenvalue weighted by atomic mass is 16.5. The van der Waals surface area contributed by atoms with Crippen LogP contribution >= 0.6 is 0 Å². The summed E-state index contributed by atoms with van der Waals surface area (Å²) in [6, 6.07) is 6.58. The minimum absolute atomic E-state index is 0.131. The summed E-state index contributed by atoms with van der Waals surface area (Å²) in [7, 11) is 0. The van der Waals surface area contributed by atoms with Crippen molar-refractivity contribution in [1.29, 1.82) is 0 Å². The molecule has 0 bridgehead atoms. The Morgan fingerprint density at radius 3 is 2.48 bits per heavy atom. The van der Waals surface area contributed by atoms with Gasteiger partial charge in [-0.15, -0.1) is 0 Å². The molecule has 2 nitrogen and oxygen atoms in total. The van der Waals surface area contributed by atoms with E-state index in [1.807, 2.05) is 0 Å². The number of benzene rings is 1. The molecule has 0 amide bonds. The highest BCUT2D eigenvalue weighted by Gasteiger charge is 2.56. The molecular formula is C19H24O2. The van der Waals surface area contributed by atoms with Gasteiger partial charge in [-0.25, -0.2) is 0 Å². The molecule has 0 aromatic heterocycles. The molecule has 2 saturated carbocycles. The fraction of sp³-hybridized carbons (Fsp3) is 0.632. The Balaban J connectivity index is 1.52. The van der Waals surface area contributed by atoms with Crippen molar-refractivity contribution in [2.24, 2.45) is 5.41 Å². The Labute approximate surface area is 126 Å². The monoisotopic (exact) mass is 284 g/mol. The first-order valence-electron chi connectivity index (χ1n) is 8.60. The van der Waals surface area contributed by atoms with Gasteiger partial charge in [-0.05, 0) is 61.8 Å². The van der Waals surface area contributed by atoms with Gasteiger partial charge >= 0.3 is 0 Å². The molecule has 0 N–H and O–H groups in total. The Hall–Kier alpha value is -1.31. The van der Waals surface area contributed by atoms with E-state index >= 15 is 0 Å². The zero-order chi connectivity index (χ0) is 14.3. The molecule has 112 valence electrons. The van der Waals surface area contributed by atoms with E-state index < -0.39 is 0 Å². The third-order valence-electron chi connectivity index (χ3n) is 5.89. The molecule has 0 heterocycles. The van der Waals surface area contributed by atoms with E-state index in [1.54, 1.807) is 0 Å². The standard InChI is InChI=1S/C19H24O2/c20-17-13-18(19(17)10-4-1-5-11-19)21-16-9-8-14-6-2-3-7-15(14)12-16/h8-9,12,18H,1-7,10-11,13H2. The van der Waals surface area contributed by atoms with Crippen molar-refractivity contribution in [3.63, 3.8) is 0 Å². The van der Waals surface area contributed by atoms with Crippen molar-refractivity contribution in [1.82, 2.24) is 0 Å². The van der Waals surface area contributed by atoms with Crippen LogP contribution in [0.15, 0.2) is 18.2 Å². The number of ether oxygens (including phenoxy) is 1. The second kappa shape index (κ2) is 5.15. The fourth-order valence-electron chi connectivity index (χ4n) is 4.50. The molecule has 3 aliphatic carbocycles. The van der Waals surface area contributed by atoms with Gasteiger partial charge in [-0.3, -0.25) is 4.79 Å². The SMILES string of the molecule is O=C1CC(Oc2ccc3c(c2)CCCC3)C12CCCCC2. The molecule has 2 heteroatoms. The normalized spacial score (nSPS) is 27.0. The Morgan fingerprint density at radius 2 is 1.71 bits per heavy atom. The molecule has 0 radical (unpaired) electrons. The highest BCUT2D eigenvalue weighted by Crippen LogP contribution is 2.50. The van der Waals surface area contributed by atoms with E-state index in [1.165, 1.54) is 56.1 Å². The lowest BCUT2D eigenvalue weighted by Crippen LogP contribution is -2.57. The van der Waals surface area contributed by atoms with Gasteiger partial charge in [0.1, 0.15) is 17.6 Å². The van der Waals surface area contributed by atoms with Crippen LogP contribution in [0.4, 0.5) is 0 Å². The van der Waals surface area contributed by atoms with Crippen LogP contribution in [0.5, 0.6) is 5.75 Å². The lowest BCUT2D eigenvalue weighted by Gasteiger charge is -2.49. The second-order valence-electron chi connectivity index (χ2n) is 7.09. The number of carbonyl (C=O) groups is 1. The first-order chi connectivity index (χ1) is 10.3. The summed E-state index contributed by atoms with van der Waals surface area (Å²) in [4.78, 5) is 12.2. The van der Waals surface area contributed by atoms with Crippen LogP contribution in [-0.2, 0) is 17.6 Å². The maximum atomic E-state index is 12.2. The molecule has 21 heavy (non-hydrogen) atoms. The summed E-state index contributed by atoms with van der Waals surface area (Å²) in [5.74, 6) is 1.43. The predicted molar refractivity (Wildman–Crippen MR) is 82.6 cm³/mol. The van der Waals surface area contributed by atoms with Gasteiger partial charge in [0.05, 0.1) is 5.41 Å². The van der Waals surface area contributed by atoms with Gasteiger partial charge < -0.3 is 4.74 Å². The van der Waals surface area contributed by atoms with Crippen LogP contribution < -0.4 is 4.74 Å². The molecule has 1 atom stereocenters. The summed E-state index contributed by atoms with van der Waals surface area (Å²) in [6.07, 6.45) is 11.5. The van der Waals surface area contributed by atoms with Gasteiger partial charge in [0, 0.05) is 6.42 Å². The minimum atomic E-state index is -0.131.